The summed E-state index contributed by atoms with van der Waals surface area (Å²) in [6, 6.07) is 20.6. The second-order valence-corrected chi connectivity index (χ2v) is 4.35. The van der Waals surface area contributed by atoms with Crippen molar-refractivity contribution in [3.8, 4) is 16.9 Å². The third-order valence-corrected chi connectivity index (χ3v) is 2.92. The fraction of sp³-hybridized carbons (Fsp3) is 0.0625. The summed E-state index contributed by atoms with van der Waals surface area (Å²) >= 11 is 0. The lowest BCUT2D eigenvalue weighted by Crippen LogP contribution is -1.95. The standard InChI is InChI=1S/C16H14N2/c1-13-6-5-9-15(12-13)18-11-10-16(17-18)14-7-3-2-4-8-14/h2-12H,1H3. The van der Waals surface area contributed by atoms with Gasteiger partial charge in [-0.1, -0.05) is 42.5 Å². The number of aryl methyl sites for hydroxylation is 1. The maximum absolute atomic E-state index is 4.61. The summed E-state index contributed by atoms with van der Waals surface area (Å²) in [7, 11) is 0. The summed E-state index contributed by atoms with van der Waals surface area (Å²) in [5.74, 6) is 0. The zero-order valence-corrected chi connectivity index (χ0v) is 10.2. The Hall–Kier alpha value is -2.35. The molecule has 2 heteroatoms. The highest BCUT2D eigenvalue weighted by Crippen LogP contribution is 2.18. The van der Waals surface area contributed by atoms with Crippen molar-refractivity contribution in [2.24, 2.45) is 0 Å². The summed E-state index contributed by atoms with van der Waals surface area (Å²) < 4.78 is 1.91. The molecule has 0 bridgehead atoms. The van der Waals surface area contributed by atoms with Gasteiger partial charge in [0.25, 0.3) is 0 Å². The number of benzene rings is 2. The highest BCUT2D eigenvalue weighted by Gasteiger charge is 2.03. The molecule has 3 rings (SSSR count). The van der Waals surface area contributed by atoms with Gasteiger partial charge in [-0.05, 0) is 30.7 Å². The summed E-state index contributed by atoms with van der Waals surface area (Å²) in [6.45, 7) is 2.09. The van der Waals surface area contributed by atoms with Crippen LogP contribution < -0.4 is 0 Å². The molecular weight excluding hydrogens is 220 g/mol. The van der Waals surface area contributed by atoms with Crippen molar-refractivity contribution in [2.75, 3.05) is 0 Å². The lowest BCUT2D eigenvalue weighted by Gasteiger charge is -2.02. The summed E-state index contributed by atoms with van der Waals surface area (Å²) in [4.78, 5) is 0. The Morgan fingerprint density at radius 2 is 1.72 bits per heavy atom. The van der Waals surface area contributed by atoms with Gasteiger partial charge in [-0.15, -0.1) is 0 Å². The highest BCUT2D eigenvalue weighted by molar-refractivity contribution is 5.58. The van der Waals surface area contributed by atoms with E-state index in [-0.39, 0.29) is 0 Å². The first-order valence-electron chi connectivity index (χ1n) is 6.01. The van der Waals surface area contributed by atoms with Gasteiger partial charge >= 0.3 is 0 Å². The molecule has 18 heavy (non-hydrogen) atoms. The zero-order valence-electron chi connectivity index (χ0n) is 10.2. The molecule has 0 saturated heterocycles. The number of rotatable bonds is 2. The second kappa shape index (κ2) is 4.49. The Morgan fingerprint density at radius 1 is 0.889 bits per heavy atom. The minimum atomic E-state index is 0.997. The molecule has 0 saturated carbocycles. The average molecular weight is 234 g/mol. The molecule has 0 fully saturated rings. The second-order valence-electron chi connectivity index (χ2n) is 4.35. The van der Waals surface area contributed by atoms with Gasteiger partial charge in [0.2, 0.25) is 0 Å². The van der Waals surface area contributed by atoms with E-state index in [0.717, 1.165) is 16.9 Å². The van der Waals surface area contributed by atoms with E-state index in [0.29, 0.717) is 0 Å². The van der Waals surface area contributed by atoms with Gasteiger partial charge in [-0.2, -0.15) is 5.10 Å². The molecule has 1 aromatic heterocycles. The summed E-state index contributed by atoms with van der Waals surface area (Å²) in [5, 5.41) is 4.61. The fourth-order valence-electron chi connectivity index (χ4n) is 2.00. The number of aromatic nitrogens is 2. The lowest BCUT2D eigenvalue weighted by atomic mass is 10.2. The van der Waals surface area contributed by atoms with Crippen LogP contribution in [0.5, 0.6) is 0 Å². The van der Waals surface area contributed by atoms with Crippen LogP contribution in [0, 0.1) is 6.92 Å². The molecule has 2 aromatic carbocycles. The SMILES string of the molecule is Cc1cccc(-n2ccc(-c3ccccc3)n2)c1. The van der Waals surface area contributed by atoms with Crippen LogP contribution in [0.4, 0.5) is 0 Å². The van der Waals surface area contributed by atoms with E-state index in [1.165, 1.54) is 5.56 Å². The minimum absolute atomic E-state index is 0.997. The van der Waals surface area contributed by atoms with Crippen LogP contribution in [-0.4, -0.2) is 9.78 Å². The van der Waals surface area contributed by atoms with Crippen LogP contribution in [0.1, 0.15) is 5.56 Å². The van der Waals surface area contributed by atoms with Gasteiger partial charge in [0.1, 0.15) is 0 Å². The van der Waals surface area contributed by atoms with E-state index in [1.807, 2.05) is 35.1 Å². The Labute approximate surface area is 107 Å². The molecule has 0 spiro atoms. The van der Waals surface area contributed by atoms with Gasteiger partial charge < -0.3 is 0 Å². The topological polar surface area (TPSA) is 17.8 Å². The first kappa shape index (κ1) is 10.8. The minimum Gasteiger partial charge on any atom is -0.240 e. The molecule has 0 unspecified atom stereocenters. The predicted molar refractivity (Wildman–Crippen MR) is 73.7 cm³/mol. The third-order valence-electron chi connectivity index (χ3n) is 2.92. The first-order chi connectivity index (χ1) is 8.83. The van der Waals surface area contributed by atoms with Gasteiger partial charge in [-0.25, -0.2) is 4.68 Å². The van der Waals surface area contributed by atoms with Crippen molar-refractivity contribution in [3.05, 3.63) is 72.4 Å². The van der Waals surface area contributed by atoms with Gasteiger partial charge in [0.15, 0.2) is 0 Å². The van der Waals surface area contributed by atoms with Crippen LogP contribution in [0.3, 0.4) is 0 Å². The van der Waals surface area contributed by atoms with Crippen molar-refractivity contribution in [3.63, 3.8) is 0 Å². The molecule has 0 aliphatic carbocycles. The Bertz CT molecular complexity index is 654. The monoisotopic (exact) mass is 234 g/mol. The average Bonchev–Trinajstić information content (AvgIpc) is 2.89. The molecule has 0 atom stereocenters. The predicted octanol–water partition coefficient (Wildman–Crippen LogP) is 3.85. The quantitative estimate of drug-likeness (QED) is 0.658. The van der Waals surface area contributed by atoms with Gasteiger partial charge in [-0.3, -0.25) is 0 Å². The van der Waals surface area contributed by atoms with Crippen molar-refractivity contribution >= 4 is 0 Å². The molecule has 0 aliphatic rings. The van der Waals surface area contributed by atoms with Crippen LogP contribution in [0.25, 0.3) is 16.9 Å². The maximum Gasteiger partial charge on any atom is 0.0927 e. The molecule has 88 valence electrons. The third kappa shape index (κ3) is 2.05. The molecule has 0 radical (unpaired) electrons. The van der Waals surface area contributed by atoms with E-state index in [1.54, 1.807) is 0 Å². The normalized spacial score (nSPS) is 10.5. The number of nitrogens with zero attached hydrogens (tertiary/aromatic N) is 2. The van der Waals surface area contributed by atoms with E-state index < -0.39 is 0 Å². The largest absolute Gasteiger partial charge is 0.240 e. The Kier molecular flexibility index (Phi) is 2.69. The van der Waals surface area contributed by atoms with Crippen molar-refractivity contribution in [1.29, 1.82) is 0 Å². The molecule has 0 N–H and O–H groups in total. The van der Waals surface area contributed by atoms with E-state index in [4.69, 9.17) is 0 Å². The van der Waals surface area contributed by atoms with E-state index in [9.17, 15) is 0 Å². The fourth-order valence-corrected chi connectivity index (χ4v) is 2.00. The number of hydrogen-bond donors (Lipinski definition) is 0. The van der Waals surface area contributed by atoms with Crippen molar-refractivity contribution in [1.82, 2.24) is 9.78 Å². The van der Waals surface area contributed by atoms with Gasteiger partial charge in [0.05, 0.1) is 11.4 Å². The van der Waals surface area contributed by atoms with Gasteiger partial charge in [0, 0.05) is 11.8 Å². The first-order valence-corrected chi connectivity index (χ1v) is 6.01. The Morgan fingerprint density at radius 3 is 2.50 bits per heavy atom. The van der Waals surface area contributed by atoms with Crippen LogP contribution >= 0.6 is 0 Å². The smallest absolute Gasteiger partial charge is 0.0927 e. The molecule has 0 amide bonds. The Balaban J connectivity index is 2.00. The van der Waals surface area contributed by atoms with Crippen LogP contribution in [-0.2, 0) is 0 Å². The molecular formula is C16H14N2. The number of hydrogen-bond acceptors (Lipinski definition) is 1. The van der Waals surface area contributed by atoms with Crippen LogP contribution in [0.2, 0.25) is 0 Å². The van der Waals surface area contributed by atoms with Crippen LogP contribution in [0.15, 0.2) is 66.9 Å². The zero-order chi connectivity index (χ0) is 12.4. The van der Waals surface area contributed by atoms with E-state index >= 15 is 0 Å². The van der Waals surface area contributed by atoms with Crippen molar-refractivity contribution in [2.45, 2.75) is 6.92 Å². The molecule has 1 heterocycles. The summed E-state index contributed by atoms with van der Waals surface area (Å²) in [6.07, 6.45) is 2.00. The highest BCUT2D eigenvalue weighted by atomic mass is 15.3. The van der Waals surface area contributed by atoms with Crippen molar-refractivity contribution < 1.29 is 0 Å². The summed E-state index contributed by atoms with van der Waals surface area (Å²) in [5.41, 5.74) is 4.47. The maximum atomic E-state index is 4.61. The molecule has 2 nitrogen and oxygen atoms in total. The molecule has 3 aromatic rings. The van der Waals surface area contributed by atoms with E-state index in [2.05, 4.69) is 48.4 Å². The molecule has 0 aliphatic heterocycles. The lowest BCUT2D eigenvalue weighted by molar-refractivity contribution is 0.883.